The molecular weight excluding hydrogens is 548 g/mol. The van der Waals surface area contributed by atoms with Crippen molar-refractivity contribution in [3.8, 4) is 0 Å². The van der Waals surface area contributed by atoms with Gasteiger partial charge in [0, 0.05) is 23.4 Å². The molecule has 2 N–H and O–H groups in total. The number of hydrogen-bond acceptors (Lipinski definition) is 4. The fraction of sp³-hybridized carbons (Fsp3) is 0.421. The van der Waals surface area contributed by atoms with Crippen LogP contribution in [-0.4, -0.2) is 22.6 Å². The Morgan fingerprint density at radius 3 is 2.40 bits per heavy atom. The average Bonchev–Trinajstić information content (AvgIpc) is 3.33. The lowest BCUT2D eigenvalue weighted by atomic mass is 9.76. The predicted molar refractivity (Wildman–Crippen MR) is 186 cm³/mol. The molecule has 1 fully saturated rings. The number of nitrogens with zero attached hydrogens (tertiary/aromatic N) is 1. The van der Waals surface area contributed by atoms with Crippen molar-refractivity contribution in [2.24, 2.45) is 5.92 Å². The minimum Gasteiger partial charge on any atom is -0.478 e. The zero-order chi connectivity index (χ0) is 31.1. The van der Waals surface area contributed by atoms with Gasteiger partial charge < -0.3 is 10.4 Å². The van der Waals surface area contributed by atoms with Gasteiger partial charge in [0.2, 0.25) is 0 Å². The summed E-state index contributed by atoms with van der Waals surface area (Å²) in [6, 6.07) is 10.1. The molecule has 43 heavy (non-hydrogen) atoms. The highest BCUT2D eigenvalue weighted by atomic mass is 32.1. The highest BCUT2D eigenvalue weighted by molar-refractivity contribution is 7.12. The Balaban J connectivity index is 1.88. The maximum absolute atomic E-state index is 11.7. The van der Waals surface area contributed by atoms with Crippen LogP contribution in [0.1, 0.15) is 119 Å². The first-order valence-electron chi connectivity index (χ1n) is 15.9. The summed E-state index contributed by atoms with van der Waals surface area (Å²) >= 11 is 1.69. The summed E-state index contributed by atoms with van der Waals surface area (Å²) in [7, 11) is 0. The second-order valence-electron chi connectivity index (χ2n) is 12.1. The van der Waals surface area contributed by atoms with Crippen molar-refractivity contribution in [3.05, 3.63) is 91.9 Å². The summed E-state index contributed by atoms with van der Waals surface area (Å²) in [5.41, 5.74) is 12.0. The summed E-state index contributed by atoms with van der Waals surface area (Å²) in [6.07, 6.45) is 13.9. The number of allylic oxidation sites excluding steroid dienone is 4. The fourth-order valence-corrected chi connectivity index (χ4v) is 7.35. The van der Waals surface area contributed by atoms with Gasteiger partial charge in [-0.1, -0.05) is 76.0 Å². The number of rotatable bonds is 12. The average molecular weight is 597 g/mol. The number of carbonyl (C=O) groups is 1. The number of anilines is 1. The molecule has 4 nitrogen and oxygen atoms in total. The lowest BCUT2D eigenvalue weighted by Crippen LogP contribution is -2.13. The molecule has 0 spiro atoms. The minimum absolute atomic E-state index is 0.342. The fourth-order valence-electron chi connectivity index (χ4n) is 6.48. The van der Waals surface area contributed by atoms with Gasteiger partial charge in [0.05, 0.1) is 21.1 Å². The molecule has 2 aromatic carbocycles. The van der Waals surface area contributed by atoms with Crippen LogP contribution in [0.3, 0.4) is 0 Å². The molecule has 1 aromatic heterocycles. The molecular formula is C38H48N2O2S. The molecule has 1 aliphatic carbocycles. The molecule has 3 aromatic rings. The second kappa shape index (κ2) is 14.8. The van der Waals surface area contributed by atoms with E-state index in [1.165, 1.54) is 71.2 Å². The lowest BCUT2D eigenvalue weighted by Gasteiger charge is -2.29. The first-order valence-corrected chi connectivity index (χ1v) is 16.7. The second-order valence-corrected chi connectivity index (χ2v) is 13.3. The molecule has 0 bridgehead atoms. The smallest absolute Gasteiger partial charge is 0.335 e. The molecule has 0 atom stereocenters. The number of carboxylic acid groups (broad SMARTS) is 1. The molecule has 0 saturated heterocycles. The van der Waals surface area contributed by atoms with Crippen molar-refractivity contribution < 1.29 is 9.90 Å². The number of nitrogens with one attached hydrogen (secondary N) is 1. The first-order chi connectivity index (χ1) is 20.6. The van der Waals surface area contributed by atoms with Gasteiger partial charge in [-0.15, -0.1) is 11.3 Å². The van der Waals surface area contributed by atoms with Crippen LogP contribution in [0.4, 0.5) is 5.69 Å². The van der Waals surface area contributed by atoms with E-state index in [4.69, 9.17) is 0 Å². The van der Waals surface area contributed by atoms with E-state index in [0.717, 1.165) is 52.5 Å². The summed E-state index contributed by atoms with van der Waals surface area (Å²) in [5.74, 6) is -0.429. The molecule has 0 unspecified atom stereocenters. The van der Waals surface area contributed by atoms with Crippen LogP contribution in [-0.2, 0) is 0 Å². The number of carboxylic acids is 1. The van der Waals surface area contributed by atoms with E-state index in [1.54, 1.807) is 17.4 Å². The van der Waals surface area contributed by atoms with Crippen LogP contribution in [0.5, 0.6) is 0 Å². The van der Waals surface area contributed by atoms with Crippen LogP contribution in [0.15, 0.2) is 43.0 Å². The molecule has 5 heteroatoms. The maximum atomic E-state index is 11.7. The Morgan fingerprint density at radius 2 is 1.77 bits per heavy atom. The molecule has 1 heterocycles. The number of benzene rings is 2. The predicted octanol–water partition coefficient (Wildman–Crippen LogP) is 10.9. The van der Waals surface area contributed by atoms with Crippen LogP contribution in [0, 0.1) is 33.6 Å². The molecule has 1 aliphatic rings. The normalized spacial score (nSPS) is 14.7. The van der Waals surface area contributed by atoms with E-state index < -0.39 is 5.97 Å². The number of hydrogen-bond donors (Lipinski definition) is 2. The van der Waals surface area contributed by atoms with Gasteiger partial charge in [0.15, 0.2) is 0 Å². The third-order valence-corrected chi connectivity index (χ3v) is 9.93. The summed E-state index contributed by atoms with van der Waals surface area (Å²) in [5, 5.41) is 14.6. The first kappa shape index (κ1) is 32.5. The monoisotopic (exact) mass is 596 g/mol. The standard InChI is InChI=1S/C38H48N2O2S/c1-8-9-13-22-39-36-33(19-17-25(3)37-28(6)40-29(7)43-37)24(2)16-20-34(36)27(5)35(30-14-11-10-12-15-30)32-21-18-31(38(41)42)23-26(32)4/h16-21,23,30,39H,3,8-15,22H2,1-2,4-7H3,(H,41,42)/b19-17-,35-27+. The van der Waals surface area contributed by atoms with E-state index in [1.807, 2.05) is 19.1 Å². The molecule has 1 saturated carbocycles. The SMILES string of the molecule is C=C(/C=C\c1c(C)ccc(/C(C)=C(/c2ccc(C(=O)O)cc2C)C2CCCCC2)c1NCCCCC)c1sc(C)nc1C. The minimum atomic E-state index is -0.881. The van der Waals surface area contributed by atoms with Crippen molar-refractivity contribution in [1.82, 2.24) is 4.98 Å². The number of aromatic carboxylic acids is 1. The Bertz CT molecular complexity index is 1540. The van der Waals surface area contributed by atoms with E-state index in [0.29, 0.717) is 11.5 Å². The van der Waals surface area contributed by atoms with E-state index in [9.17, 15) is 9.90 Å². The number of aryl methyl sites for hydroxylation is 4. The van der Waals surface area contributed by atoms with Crippen LogP contribution in [0.25, 0.3) is 22.8 Å². The largest absolute Gasteiger partial charge is 0.478 e. The van der Waals surface area contributed by atoms with Crippen molar-refractivity contribution in [1.29, 1.82) is 0 Å². The van der Waals surface area contributed by atoms with Gasteiger partial charge in [0.1, 0.15) is 0 Å². The third kappa shape index (κ3) is 7.75. The van der Waals surface area contributed by atoms with E-state index in [-0.39, 0.29) is 0 Å². The zero-order valence-electron chi connectivity index (χ0n) is 26.9. The molecule has 4 rings (SSSR count). The summed E-state index contributed by atoms with van der Waals surface area (Å²) in [4.78, 5) is 17.5. The van der Waals surface area contributed by atoms with E-state index >= 15 is 0 Å². The zero-order valence-corrected chi connectivity index (χ0v) is 27.7. The van der Waals surface area contributed by atoms with Crippen LogP contribution in [0.2, 0.25) is 0 Å². The number of aromatic nitrogens is 1. The molecule has 228 valence electrons. The van der Waals surface area contributed by atoms with Gasteiger partial charge in [-0.2, -0.15) is 0 Å². The van der Waals surface area contributed by atoms with Gasteiger partial charge in [-0.3, -0.25) is 0 Å². The van der Waals surface area contributed by atoms with Gasteiger partial charge in [-0.05, 0) is 105 Å². The Labute approximate surface area is 262 Å². The van der Waals surface area contributed by atoms with Gasteiger partial charge in [0.25, 0.3) is 0 Å². The third-order valence-electron chi connectivity index (χ3n) is 8.78. The number of thiazole rings is 1. The van der Waals surface area contributed by atoms with Crippen molar-refractivity contribution >= 4 is 45.8 Å². The van der Waals surface area contributed by atoms with Crippen LogP contribution >= 0.6 is 11.3 Å². The van der Waals surface area contributed by atoms with Crippen LogP contribution < -0.4 is 5.32 Å². The van der Waals surface area contributed by atoms with Crippen molar-refractivity contribution in [2.75, 3.05) is 11.9 Å². The van der Waals surface area contributed by atoms with Gasteiger partial charge >= 0.3 is 5.97 Å². The number of unbranched alkanes of at least 4 members (excludes halogenated alkanes) is 2. The van der Waals surface area contributed by atoms with Gasteiger partial charge in [-0.25, -0.2) is 9.78 Å². The van der Waals surface area contributed by atoms with E-state index in [2.05, 4.69) is 75.8 Å². The quantitative estimate of drug-likeness (QED) is 0.124. The molecule has 0 radical (unpaired) electrons. The summed E-state index contributed by atoms with van der Waals surface area (Å²) in [6.45, 7) is 18.1. The Kier molecular flexibility index (Phi) is 11.2. The Morgan fingerprint density at radius 1 is 1.05 bits per heavy atom. The summed E-state index contributed by atoms with van der Waals surface area (Å²) < 4.78 is 0. The van der Waals surface area contributed by atoms with Crippen molar-refractivity contribution in [2.45, 2.75) is 92.9 Å². The topological polar surface area (TPSA) is 62.2 Å². The lowest BCUT2D eigenvalue weighted by molar-refractivity contribution is 0.0696. The highest BCUT2D eigenvalue weighted by Crippen LogP contribution is 2.43. The van der Waals surface area contributed by atoms with Crippen molar-refractivity contribution in [3.63, 3.8) is 0 Å². The molecule has 0 amide bonds. The maximum Gasteiger partial charge on any atom is 0.335 e. The molecule has 0 aliphatic heterocycles. The Hall–Kier alpha value is -3.44. The highest BCUT2D eigenvalue weighted by Gasteiger charge is 2.25.